The third-order valence-corrected chi connectivity index (χ3v) is 4.17. The van der Waals surface area contributed by atoms with Crippen LogP contribution in [-0.2, 0) is 0 Å². The highest BCUT2D eigenvalue weighted by atomic mass is 35.5. The number of halogens is 1. The molecule has 1 fully saturated rings. The molecule has 19 heavy (non-hydrogen) atoms. The minimum absolute atomic E-state index is 0.300. The molecule has 0 radical (unpaired) electrons. The lowest BCUT2D eigenvalue weighted by Gasteiger charge is -2.12. The number of nitrogens with zero attached hydrogens (tertiary/aromatic N) is 2. The molecule has 1 aromatic carbocycles. The van der Waals surface area contributed by atoms with E-state index < -0.39 is 0 Å². The van der Waals surface area contributed by atoms with Crippen molar-refractivity contribution in [1.82, 2.24) is 10.1 Å². The summed E-state index contributed by atoms with van der Waals surface area (Å²) in [5.74, 6) is 2.01. The first-order chi connectivity index (χ1) is 9.29. The maximum Gasteiger partial charge on any atom is 0.230 e. The van der Waals surface area contributed by atoms with E-state index in [-0.39, 0.29) is 0 Å². The molecule has 3 rings (SSSR count). The van der Waals surface area contributed by atoms with Crippen molar-refractivity contribution in [3.05, 3.63) is 35.2 Å². The van der Waals surface area contributed by atoms with Gasteiger partial charge in [0, 0.05) is 11.5 Å². The summed E-state index contributed by atoms with van der Waals surface area (Å²) in [4.78, 5) is 4.50. The van der Waals surface area contributed by atoms with Crippen molar-refractivity contribution in [2.24, 2.45) is 11.7 Å². The van der Waals surface area contributed by atoms with Gasteiger partial charge in [0.1, 0.15) is 0 Å². The zero-order valence-corrected chi connectivity index (χ0v) is 11.3. The second-order valence-electron chi connectivity index (χ2n) is 4.97. The van der Waals surface area contributed by atoms with Crippen molar-refractivity contribution >= 4 is 11.6 Å². The van der Waals surface area contributed by atoms with E-state index in [1.807, 2.05) is 24.3 Å². The van der Waals surface area contributed by atoms with Crippen LogP contribution < -0.4 is 5.73 Å². The first-order valence-corrected chi connectivity index (χ1v) is 6.96. The van der Waals surface area contributed by atoms with Crippen molar-refractivity contribution < 1.29 is 4.52 Å². The number of hydrogen-bond acceptors (Lipinski definition) is 4. The maximum absolute atomic E-state index is 6.14. The van der Waals surface area contributed by atoms with E-state index in [0.717, 1.165) is 18.4 Å². The molecule has 2 N–H and O–H groups in total. The first-order valence-electron chi connectivity index (χ1n) is 6.58. The molecule has 100 valence electrons. The predicted molar refractivity (Wildman–Crippen MR) is 73.9 cm³/mol. The molecule has 0 saturated heterocycles. The van der Waals surface area contributed by atoms with Gasteiger partial charge in [-0.05, 0) is 37.4 Å². The molecule has 1 saturated carbocycles. The minimum Gasteiger partial charge on any atom is -0.339 e. The Hall–Kier alpha value is -1.39. The molecule has 4 nitrogen and oxygen atoms in total. The van der Waals surface area contributed by atoms with Crippen LogP contribution in [-0.4, -0.2) is 16.7 Å². The fraction of sp³-hybridized carbons (Fsp3) is 0.429. The molecule has 2 unspecified atom stereocenters. The number of aromatic nitrogens is 2. The van der Waals surface area contributed by atoms with Crippen LogP contribution in [0.2, 0.25) is 5.02 Å². The largest absolute Gasteiger partial charge is 0.339 e. The quantitative estimate of drug-likeness (QED) is 0.935. The van der Waals surface area contributed by atoms with Crippen LogP contribution in [0, 0.1) is 5.92 Å². The molecular weight excluding hydrogens is 262 g/mol. The second kappa shape index (κ2) is 5.31. The van der Waals surface area contributed by atoms with Gasteiger partial charge >= 0.3 is 0 Å². The van der Waals surface area contributed by atoms with E-state index in [2.05, 4.69) is 10.1 Å². The predicted octanol–water partition coefficient (Wildman–Crippen LogP) is 3.23. The van der Waals surface area contributed by atoms with Gasteiger partial charge in [-0.3, -0.25) is 0 Å². The first kappa shape index (κ1) is 12.6. The van der Waals surface area contributed by atoms with Gasteiger partial charge < -0.3 is 10.3 Å². The molecule has 0 aliphatic heterocycles. The van der Waals surface area contributed by atoms with Crippen molar-refractivity contribution in [3.8, 4) is 11.4 Å². The molecule has 2 aromatic rings. The fourth-order valence-electron chi connectivity index (χ4n) is 2.78. The summed E-state index contributed by atoms with van der Waals surface area (Å²) in [6, 6.07) is 7.51. The second-order valence-corrected chi connectivity index (χ2v) is 5.38. The Morgan fingerprint density at radius 3 is 2.95 bits per heavy atom. The highest BCUT2D eigenvalue weighted by Gasteiger charge is 2.32. The summed E-state index contributed by atoms with van der Waals surface area (Å²) in [5, 5.41) is 4.69. The van der Waals surface area contributed by atoms with E-state index >= 15 is 0 Å². The lowest BCUT2D eigenvalue weighted by atomic mass is 9.96. The van der Waals surface area contributed by atoms with Crippen LogP contribution in [0.25, 0.3) is 11.4 Å². The highest BCUT2D eigenvalue weighted by molar-refractivity contribution is 6.33. The van der Waals surface area contributed by atoms with Gasteiger partial charge in [-0.25, -0.2) is 0 Å². The van der Waals surface area contributed by atoms with Gasteiger partial charge in [-0.15, -0.1) is 0 Å². The van der Waals surface area contributed by atoms with Crippen LogP contribution in [0.15, 0.2) is 28.8 Å². The zero-order chi connectivity index (χ0) is 13.2. The average Bonchev–Trinajstić information content (AvgIpc) is 3.07. The topological polar surface area (TPSA) is 64.9 Å². The maximum atomic E-state index is 6.14. The van der Waals surface area contributed by atoms with E-state index in [1.54, 1.807) is 0 Å². The molecule has 1 aliphatic carbocycles. The summed E-state index contributed by atoms with van der Waals surface area (Å²) in [6.45, 7) is 0.675. The van der Waals surface area contributed by atoms with E-state index in [4.69, 9.17) is 21.9 Å². The van der Waals surface area contributed by atoms with E-state index in [1.165, 1.54) is 6.42 Å². The Morgan fingerprint density at radius 2 is 2.16 bits per heavy atom. The number of nitrogens with two attached hydrogens (primary N) is 1. The van der Waals surface area contributed by atoms with Crippen molar-refractivity contribution in [1.29, 1.82) is 0 Å². The zero-order valence-electron chi connectivity index (χ0n) is 10.6. The van der Waals surface area contributed by atoms with Gasteiger partial charge in [0.2, 0.25) is 11.7 Å². The molecule has 0 amide bonds. The van der Waals surface area contributed by atoms with Gasteiger partial charge in [0.15, 0.2) is 0 Å². The van der Waals surface area contributed by atoms with Crippen LogP contribution >= 0.6 is 11.6 Å². The van der Waals surface area contributed by atoms with Crippen molar-refractivity contribution in [2.45, 2.75) is 25.2 Å². The Kier molecular flexibility index (Phi) is 3.53. The summed E-state index contributed by atoms with van der Waals surface area (Å²) in [6.07, 6.45) is 3.40. The SMILES string of the molecule is NCC1CCCC1c1nc(-c2ccccc2Cl)no1. The highest BCUT2D eigenvalue weighted by Crippen LogP contribution is 2.39. The molecule has 1 aliphatic rings. The Labute approximate surface area is 117 Å². The lowest BCUT2D eigenvalue weighted by molar-refractivity contribution is 0.326. The van der Waals surface area contributed by atoms with Crippen molar-refractivity contribution in [3.63, 3.8) is 0 Å². The molecule has 5 heteroatoms. The normalized spacial score (nSPS) is 22.8. The standard InChI is InChI=1S/C14H16ClN3O/c15-12-7-2-1-5-11(12)13-17-14(19-18-13)10-6-3-4-9(10)8-16/h1-2,5,7,9-10H,3-4,6,8,16H2. The smallest absolute Gasteiger partial charge is 0.230 e. The molecular formula is C14H16ClN3O. The third-order valence-electron chi connectivity index (χ3n) is 3.84. The summed E-state index contributed by atoms with van der Waals surface area (Å²) >= 11 is 6.14. The van der Waals surface area contributed by atoms with E-state index in [9.17, 15) is 0 Å². The Bertz CT molecular complexity index is 569. The minimum atomic E-state index is 0.300. The summed E-state index contributed by atoms with van der Waals surface area (Å²) < 4.78 is 5.41. The van der Waals surface area contributed by atoms with Crippen LogP contribution in [0.5, 0.6) is 0 Å². The summed E-state index contributed by atoms with van der Waals surface area (Å²) in [7, 11) is 0. The molecule has 2 atom stereocenters. The number of benzene rings is 1. The third kappa shape index (κ3) is 2.38. The lowest BCUT2D eigenvalue weighted by Crippen LogP contribution is -2.17. The van der Waals surface area contributed by atoms with Crippen LogP contribution in [0.4, 0.5) is 0 Å². The molecule has 0 spiro atoms. The van der Waals surface area contributed by atoms with Crippen LogP contribution in [0.3, 0.4) is 0 Å². The van der Waals surface area contributed by atoms with E-state index in [0.29, 0.717) is 35.1 Å². The molecule has 0 bridgehead atoms. The Balaban J connectivity index is 1.90. The molecule has 1 aromatic heterocycles. The van der Waals surface area contributed by atoms with Gasteiger partial charge in [0.25, 0.3) is 0 Å². The monoisotopic (exact) mass is 277 g/mol. The van der Waals surface area contributed by atoms with Crippen molar-refractivity contribution in [2.75, 3.05) is 6.54 Å². The van der Waals surface area contributed by atoms with Crippen LogP contribution in [0.1, 0.15) is 31.1 Å². The average molecular weight is 278 g/mol. The summed E-state index contributed by atoms with van der Waals surface area (Å²) in [5.41, 5.74) is 6.60. The number of rotatable bonds is 3. The number of hydrogen-bond donors (Lipinski definition) is 1. The van der Waals surface area contributed by atoms with Gasteiger partial charge in [0.05, 0.1) is 5.02 Å². The fourth-order valence-corrected chi connectivity index (χ4v) is 3.00. The van der Waals surface area contributed by atoms with Gasteiger partial charge in [-0.2, -0.15) is 4.98 Å². The Morgan fingerprint density at radius 1 is 1.32 bits per heavy atom. The van der Waals surface area contributed by atoms with Gasteiger partial charge in [-0.1, -0.05) is 35.3 Å². The molecule has 1 heterocycles.